The first-order chi connectivity index (χ1) is 11.7. The second-order valence-corrected chi connectivity index (χ2v) is 7.21. The predicted molar refractivity (Wildman–Crippen MR) is 102 cm³/mol. The summed E-state index contributed by atoms with van der Waals surface area (Å²) in [5.41, 5.74) is 8.01. The maximum atomic E-state index is 12.0. The van der Waals surface area contributed by atoms with E-state index in [0.29, 0.717) is 11.3 Å². The van der Waals surface area contributed by atoms with Crippen molar-refractivity contribution in [2.45, 2.75) is 19.4 Å². The maximum absolute atomic E-state index is 12.0. The van der Waals surface area contributed by atoms with Crippen molar-refractivity contribution in [1.82, 2.24) is 14.9 Å². The Kier molecular flexibility index (Phi) is 4.30. The van der Waals surface area contributed by atoms with Gasteiger partial charge in [-0.15, -0.1) is 0 Å². The average molecular weight is 340 g/mol. The lowest BCUT2D eigenvalue weighted by Crippen LogP contribution is -2.39. The highest BCUT2D eigenvalue weighted by Gasteiger charge is 2.21. The number of nitrogen functional groups attached to an aromatic ring is 1. The maximum Gasteiger partial charge on any atom is 0.257 e. The Bertz CT molecular complexity index is 953. The topological polar surface area (TPSA) is 87.1 Å². The summed E-state index contributed by atoms with van der Waals surface area (Å²) in [5, 5.41) is 0.981. The van der Waals surface area contributed by atoms with E-state index in [-0.39, 0.29) is 11.2 Å². The Labute approximate surface area is 146 Å². The Morgan fingerprint density at radius 3 is 2.68 bits per heavy atom. The van der Waals surface area contributed by atoms with Crippen molar-refractivity contribution in [2.24, 2.45) is 0 Å². The van der Waals surface area contributed by atoms with Gasteiger partial charge in [0, 0.05) is 29.3 Å². The summed E-state index contributed by atoms with van der Waals surface area (Å²) >= 11 is 0. The molecule has 132 valence electrons. The first kappa shape index (κ1) is 17.1. The van der Waals surface area contributed by atoms with E-state index in [9.17, 15) is 4.79 Å². The van der Waals surface area contributed by atoms with Crippen LogP contribution in [0.25, 0.3) is 22.2 Å². The van der Waals surface area contributed by atoms with E-state index in [1.807, 2.05) is 38.4 Å². The number of H-pyrrole nitrogens is 2. The van der Waals surface area contributed by atoms with Crippen molar-refractivity contribution >= 4 is 16.6 Å². The van der Waals surface area contributed by atoms with Gasteiger partial charge >= 0.3 is 0 Å². The molecule has 0 atom stereocenters. The number of hydrogen-bond acceptors (Lipinski definition) is 4. The fourth-order valence-corrected chi connectivity index (χ4v) is 3.13. The van der Waals surface area contributed by atoms with Crippen LogP contribution in [0.15, 0.2) is 41.3 Å². The Hall–Kier alpha value is -2.73. The molecule has 0 aliphatic rings. The highest BCUT2D eigenvalue weighted by atomic mass is 16.5. The molecular formula is C19H24N4O2. The number of nitrogens with zero attached hydrogens (tertiary/aromatic N) is 1. The highest BCUT2D eigenvalue weighted by Crippen LogP contribution is 2.28. The van der Waals surface area contributed by atoms with Crippen LogP contribution >= 0.6 is 0 Å². The third-order valence-corrected chi connectivity index (χ3v) is 3.90. The van der Waals surface area contributed by atoms with Crippen LogP contribution < -0.4 is 16.0 Å². The van der Waals surface area contributed by atoms with Crippen molar-refractivity contribution < 1.29 is 4.74 Å². The van der Waals surface area contributed by atoms with Gasteiger partial charge in [-0.3, -0.25) is 4.79 Å². The zero-order chi connectivity index (χ0) is 18.2. The van der Waals surface area contributed by atoms with E-state index in [1.165, 1.54) is 6.20 Å². The molecule has 3 rings (SSSR count). The van der Waals surface area contributed by atoms with Crippen LogP contribution in [0.2, 0.25) is 0 Å². The molecule has 0 saturated heterocycles. The van der Waals surface area contributed by atoms with Crippen molar-refractivity contribution in [1.29, 1.82) is 0 Å². The molecule has 4 N–H and O–H groups in total. The predicted octanol–water partition coefficient (Wildman–Crippen LogP) is 2.82. The van der Waals surface area contributed by atoms with Gasteiger partial charge in [0.2, 0.25) is 0 Å². The smallest absolute Gasteiger partial charge is 0.257 e. The number of hydrogen-bond donors (Lipinski definition) is 3. The number of nitrogens with two attached hydrogens (primary N) is 1. The molecule has 2 heterocycles. The number of nitrogens with one attached hydrogen (secondary N) is 2. The SMILES string of the molecule is CN(C)CC(C)(C)Oc1ccc2[nH]c(-c3cc(N)c[nH]c3=O)cc2c1. The van der Waals surface area contributed by atoms with Crippen LogP contribution in [0.5, 0.6) is 5.75 Å². The number of likely N-dealkylation sites (N-methyl/N-ethyl adjacent to an activating group) is 1. The molecule has 0 aliphatic carbocycles. The lowest BCUT2D eigenvalue weighted by molar-refractivity contribution is 0.0776. The summed E-state index contributed by atoms with van der Waals surface area (Å²) in [6.07, 6.45) is 1.49. The molecule has 2 aromatic heterocycles. The molecule has 0 unspecified atom stereocenters. The minimum absolute atomic E-state index is 0.177. The number of pyridine rings is 1. The molecule has 6 heteroatoms. The lowest BCUT2D eigenvalue weighted by Gasteiger charge is -2.29. The number of aromatic amines is 2. The first-order valence-electron chi connectivity index (χ1n) is 8.19. The first-order valence-corrected chi connectivity index (χ1v) is 8.19. The van der Waals surface area contributed by atoms with Crippen LogP contribution in [0.4, 0.5) is 5.69 Å². The summed E-state index contributed by atoms with van der Waals surface area (Å²) in [5.74, 6) is 0.798. The number of fused-ring (bicyclic) bond motifs is 1. The molecular weight excluding hydrogens is 316 g/mol. The average Bonchev–Trinajstić information content (AvgIpc) is 2.90. The van der Waals surface area contributed by atoms with E-state index in [1.54, 1.807) is 6.07 Å². The molecule has 25 heavy (non-hydrogen) atoms. The molecule has 0 bridgehead atoms. The van der Waals surface area contributed by atoms with E-state index >= 15 is 0 Å². The van der Waals surface area contributed by atoms with Crippen molar-refractivity contribution in [3.8, 4) is 17.0 Å². The molecule has 0 spiro atoms. The van der Waals surface area contributed by atoms with E-state index in [2.05, 4.69) is 28.7 Å². The molecule has 0 radical (unpaired) electrons. The van der Waals surface area contributed by atoms with Gasteiger partial charge in [0.25, 0.3) is 5.56 Å². The van der Waals surface area contributed by atoms with Gasteiger partial charge in [-0.2, -0.15) is 0 Å². The van der Waals surface area contributed by atoms with Crippen LogP contribution in [0.1, 0.15) is 13.8 Å². The highest BCUT2D eigenvalue weighted by molar-refractivity contribution is 5.87. The molecule has 0 aliphatic heterocycles. The number of aromatic nitrogens is 2. The normalized spacial score (nSPS) is 12.0. The van der Waals surface area contributed by atoms with E-state index in [0.717, 1.165) is 28.9 Å². The molecule has 0 saturated carbocycles. The van der Waals surface area contributed by atoms with Crippen LogP contribution in [-0.4, -0.2) is 41.1 Å². The van der Waals surface area contributed by atoms with Gasteiger partial charge in [0.15, 0.2) is 0 Å². The van der Waals surface area contributed by atoms with Crippen LogP contribution in [0, 0.1) is 0 Å². The fraction of sp³-hybridized carbons (Fsp3) is 0.316. The summed E-state index contributed by atoms with van der Waals surface area (Å²) in [7, 11) is 4.05. The zero-order valence-electron chi connectivity index (χ0n) is 15.0. The number of benzene rings is 1. The molecule has 0 amide bonds. The molecule has 3 aromatic rings. The largest absolute Gasteiger partial charge is 0.487 e. The second kappa shape index (κ2) is 6.29. The molecule has 0 fully saturated rings. The van der Waals surface area contributed by atoms with Gasteiger partial charge in [-0.1, -0.05) is 0 Å². The van der Waals surface area contributed by atoms with Gasteiger partial charge in [0.05, 0.1) is 11.3 Å². The second-order valence-electron chi connectivity index (χ2n) is 7.21. The quantitative estimate of drug-likeness (QED) is 0.666. The summed E-state index contributed by atoms with van der Waals surface area (Å²) < 4.78 is 6.14. The van der Waals surface area contributed by atoms with Gasteiger partial charge in [-0.05, 0) is 58.3 Å². The van der Waals surface area contributed by atoms with Crippen LogP contribution in [-0.2, 0) is 0 Å². The van der Waals surface area contributed by atoms with Crippen molar-refractivity contribution in [3.63, 3.8) is 0 Å². The Morgan fingerprint density at radius 2 is 1.96 bits per heavy atom. The van der Waals surface area contributed by atoms with E-state index < -0.39 is 0 Å². The minimum Gasteiger partial charge on any atom is -0.487 e. The standard InChI is InChI=1S/C19H24N4O2/c1-19(2,11-23(3)4)25-14-5-6-16-12(7-14)8-17(22-16)15-9-13(20)10-21-18(15)24/h5-10,22H,11,20H2,1-4H3,(H,21,24). The Morgan fingerprint density at radius 1 is 1.20 bits per heavy atom. The Balaban J connectivity index is 1.94. The van der Waals surface area contributed by atoms with Crippen LogP contribution in [0.3, 0.4) is 0 Å². The lowest BCUT2D eigenvalue weighted by atomic mass is 10.1. The summed E-state index contributed by atoms with van der Waals surface area (Å²) in [4.78, 5) is 20.0. The number of anilines is 1. The van der Waals surface area contributed by atoms with E-state index in [4.69, 9.17) is 10.5 Å². The molecule has 1 aromatic carbocycles. The third-order valence-electron chi connectivity index (χ3n) is 3.90. The van der Waals surface area contributed by atoms with Crippen molar-refractivity contribution in [2.75, 3.05) is 26.4 Å². The van der Waals surface area contributed by atoms with Crippen molar-refractivity contribution in [3.05, 3.63) is 46.9 Å². The minimum atomic E-state index is -0.304. The number of rotatable bonds is 5. The summed E-state index contributed by atoms with van der Waals surface area (Å²) in [6.45, 7) is 4.93. The van der Waals surface area contributed by atoms with Gasteiger partial charge < -0.3 is 25.3 Å². The number of ether oxygens (including phenoxy) is 1. The fourth-order valence-electron chi connectivity index (χ4n) is 3.13. The zero-order valence-corrected chi connectivity index (χ0v) is 15.0. The monoisotopic (exact) mass is 340 g/mol. The van der Waals surface area contributed by atoms with Gasteiger partial charge in [-0.25, -0.2) is 0 Å². The summed E-state index contributed by atoms with van der Waals surface area (Å²) in [6, 6.07) is 9.48. The molecule has 6 nitrogen and oxygen atoms in total. The van der Waals surface area contributed by atoms with Gasteiger partial charge in [0.1, 0.15) is 11.4 Å². The third kappa shape index (κ3) is 3.85.